The molecule has 3 heteroatoms. The lowest BCUT2D eigenvalue weighted by molar-refractivity contribution is -0.130. The summed E-state index contributed by atoms with van der Waals surface area (Å²) in [5.41, 5.74) is 0. The first kappa shape index (κ1) is 10.5. The van der Waals surface area contributed by atoms with Crippen molar-refractivity contribution in [2.24, 2.45) is 0 Å². The van der Waals surface area contributed by atoms with Gasteiger partial charge in [-0.1, -0.05) is 0 Å². The fraction of sp³-hybridized carbons (Fsp3) is 0.900. The van der Waals surface area contributed by atoms with Crippen LogP contribution in [-0.2, 0) is 9.53 Å². The summed E-state index contributed by atoms with van der Waals surface area (Å²) in [6.45, 7) is 3.91. The Labute approximate surface area is 80.1 Å². The van der Waals surface area contributed by atoms with Crippen LogP contribution in [0.5, 0.6) is 0 Å². The van der Waals surface area contributed by atoms with Gasteiger partial charge in [-0.05, 0) is 26.2 Å². The van der Waals surface area contributed by atoms with Gasteiger partial charge in [-0.15, -0.1) is 0 Å². The molecule has 1 saturated heterocycles. The highest BCUT2D eigenvalue weighted by molar-refractivity contribution is 5.76. The molecule has 1 rings (SSSR count). The highest BCUT2D eigenvalue weighted by Gasteiger charge is 2.17. The fourth-order valence-electron chi connectivity index (χ4n) is 1.57. The molecule has 0 saturated carbocycles. The highest BCUT2D eigenvalue weighted by Crippen LogP contribution is 2.11. The first-order valence-corrected chi connectivity index (χ1v) is 5.04. The molecule has 0 radical (unpaired) electrons. The Hall–Kier alpha value is -0.570. The van der Waals surface area contributed by atoms with Crippen LogP contribution in [0.4, 0.5) is 0 Å². The van der Waals surface area contributed by atoms with E-state index in [9.17, 15) is 4.79 Å². The molecule has 1 unspecified atom stereocenters. The highest BCUT2D eigenvalue weighted by atomic mass is 16.5. The predicted octanol–water partition coefficient (Wildman–Crippen LogP) is 1.42. The SMILES string of the molecule is COC(C)CCC(=O)N1CCCC1. The van der Waals surface area contributed by atoms with Gasteiger partial charge >= 0.3 is 0 Å². The lowest BCUT2D eigenvalue weighted by Gasteiger charge is -2.16. The van der Waals surface area contributed by atoms with Crippen LogP contribution in [0.2, 0.25) is 0 Å². The second-order valence-electron chi connectivity index (χ2n) is 3.67. The van der Waals surface area contributed by atoms with E-state index in [2.05, 4.69) is 0 Å². The summed E-state index contributed by atoms with van der Waals surface area (Å²) < 4.78 is 5.09. The van der Waals surface area contributed by atoms with Gasteiger partial charge in [-0.2, -0.15) is 0 Å². The van der Waals surface area contributed by atoms with Gasteiger partial charge in [0.25, 0.3) is 0 Å². The van der Waals surface area contributed by atoms with Gasteiger partial charge in [0.05, 0.1) is 6.10 Å². The third kappa shape index (κ3) is 3.35. The normalized spacial score (nSPS) is 19.1. The summed E-state index contributed by atoms with van der Waals surface area (Å²) in [5, 5.41) is 0. The zero-order valence-corrected chi connectivity index (χ0v) is 8.58. The van der Waals surface area contributed by atoms with Crippen molar-refractivity contribution in [3.05, 3.63) is 0 Å². The molecule has 0 N–H and O–H groups in total. The molecule has 1 fully saturated rings. The van der Waals surface area contributed by atoms with E-state index in [0.29, 0.717) is 12.3 Å². The number of rotatable bonds is 4. The van der Waals surface area contributed by atoms with Crippen LogP contribution in [0.3, 0.4) is 0 Å². The summed E-state index contributed by atoms with van der Waals surface area (Å²) >= 11 is 0. The molecule has 13 heavy (non-hydrogen) atoms. The van der Waals surface area contributed by atoms with Crippen molar-refractivity contribution in [2.45, 2.75) is 38.7 Å². The Balaban J connectivity index is 2.16. The van der Waals surface area contributed by atoms with Crippen LogP contribution in [0.25, 0.3) is 0 Å². The number of nitrogens with zero attached hydrogens (tertiary/aromatic N) is 1. The Morgan fingerprint density at radius 2 is 2.08 bits per heavy atom. The molecule has 1 aliphatic heterocycles. The first-order chi connectivity index (χ1) is 6.24. The summed E-state index contributed by atoms with van der Waals surface area (Å²) in [7, 11) is 1.69. The van der Waals surface area contributed by atoms with E-state index < -0.39 is 0 Å². The number of methoxy groups -OCH3 is 1. The molecule has 1 aliphatic rings. The van der Waals surface area contributed by atoms with Crippen LogP contribution in [0.15, 0.2) is 0 Å². The number of carbonyl (C=O) groups excluding carboxylic acids is 1. The zero-order chi connectivity index (χ0) is 9.68. The van der Waals surface area contributed by atoms with Gasteiger partial charge in [0.1, 0.15) is 0 Å². The van der Waals surface area contributed by atoms with E-state index in [-0.39, 0.29) is 6.10 Å². The summed E-state index contributed by atoms with van der Waals surface area (Å²) in [6, 6.07) is 0. The number of amides is 1. The number of ether oxygens (including phenoxy) is 1. The molecule has 1 heterocycles. The second-order valence-corrected chi connectivity index (χ2v) is 3.67. The third-order valence-corrected chi connectivity index (χ3v) is 2.63. The molecule has 1 amide bonds. The topological polar surface area (TPSA) is 29.5 Å². The lowest BCUT2D eigenvalue weighted by Crippen LogP contribution is -2.28. The second kappa shape index (κ2) is 5.22. The van der Waals surface area contributed by atoms with Gasteiger partial charge < -0.3 is 9.64 Å². The van der Waals surface area contributed by atoms with E-state index in [1.807, 2.05) is 11.8 Å². The monoisotopic (exact) mass is 185 g/mol. The molecule has 76 valence electrons. The van der Waals surface area contributed by atoms with Gasteiger partial charge in [0.2, 0.25) is 5.91 Å². The molecule has 3 nitrogen and oxygen atoms in total. The molecule has 1 atom stereocenters. The van der Waals surface area contributed by atoms with E-state index in [1.54, 1.807) is 7.11 Å². The van der Waals surface area contributed by atoms with Crippen molar-refractivity contribution >= 4 is 5.91 Å². The Morgan fingerprint density at radius 3 is 2.62 bits per heavy atom. The average molecular weight is 185 g/mol. The van der Waals surface area contributed by atoms with Gasteiger partial charge in [-0.3, -0.25) is 4.79 Å². The average Bonchev–Trinajstić information content (AvgIpc) is 2.66. The fourth-order valence-corrected chi connectivity index (χ4v) is 1.57. The summed E-state index contributed by atoms with van der Waals surface area (Å²) in [5.74, 6) is 0.293. The van der Waals surface area contributed by atoms with Crippen LogP contribution in [0, 0.1) is 0 Å². The predicted molar refractivity (Wildman–Crippen MR) is 51.5 cm³/mol. The first-order valence-electron chi connectivity index (χ1n) is 5.04. The number of hydrogen-bond acceptors (Lipinski definition) is 2. The van der Waals surface area contributed by atoms with Crippen LogP contribution in [-0.4, -0.2) is 37.1 Å². The van der Waals surface area contributed by atoms with E-state index in [1.165, 1.54) is 12.8 Å². The quantitative estimate of drug-likeness (QED) is 0.663. The van der Waals surface area contributed by atoms with Crippen molar-refractivity contribution in [1.82, 2.24) is 4.90 Å². The standard InChI is InChI=1S/C10H19NO2/c1-9(13-2)5-6-10(12)11-7-3-4-8-11/h9H,3-8H2,1-2H3. The van der Waals surface area contributed by atoms with Crippen molar-refractivity contribution in [3.8, 4) is 0 Å². The Morgan fingerprint density at radius 1 is 1.46 bits per heavy atom. The van der Waals surface area contributed by atoms with E-state index in [4.69, 9.17) is 4.74 Å². The smallest absolute Gasteiger partial charge is 0.222 e. The van der Waals surface area contributed by atoms with Gasteiger partial charge in [0.15, 0.2) is 0 Å². The third-order valence-electron chi connectivity index (χ3n) is 2.63. The van der Waals surface area contributed by atoms with Gasteiger partial charge in [0, 0.05) is 26.6 Å². The van der Waals surface area contributed by atoms with Crippen molar-refractivity contribution in [1.29, 1.82) is 0 Å². The zero-order valence-electron chi connectivity index (χ0n) is 8.58. The number of carbonyl (C=O) groups is 1. The molecular weight excluding hydrogens is 166 g/mol. The molecule has 0 aromatic carbocycles. The van der Waals surface area contributed by atoms with Gasteiger partial charge in [-0.25, -0.2) is 0 Å². The molecular formula is C10H19NO2. The van der Waals surface area contributed by atoms with Crippen LogP contribution in [0.1, 0.15) is 32.6 Å². The van der Waals surface area contributed by atoms with Crippen LogP contribution >= 0.6 is 0 Å². The molecule has 0 aromatic heterocycles. The summed E-state index contributed by atoms with van der Waals surface area (Å²) in [6.07, 6.45) is 4.02. The molecule has 0 aliphatic carbocycles. The van der Waals surface area contributed by atoms with Crippen LogP contribution < -0.4 is 0 Å². The lowest BCUT2D eigenvalue weighted by atomic mass is 10.2. The molecule has 0 aromatic rings. The van der Waals surface area contributed by atoms with Crippen molar-refractivity contribution < 1.29 is 9.53 Å². The minimum absolute atomic E-state index is 0.201. The van der Waals surface area contributed by atoms with E-state index in [0.717, 1.165) is 19.5 Å². The summed E-state index contributed by atoms with van der Waals surface area (Å²) in [4.78, 5) is 13.5. The largest absolute Gasteiger partial charge is 0.382 e. The van der Waals surface area contributed by atoms with Crippen molar-refractivity contribution in [2.75, 3.05) is 20.2 Å². The Bertz CT molecular complexity index is 164. The maximum atomic E-state index is 11.5. The number of likely N-dealkylation sites (tertiary alicyclic amines) is 1. The van der Waals surface area contributed by atoms with E-state index >= 15 is 0 Å². The molecule has 0 spiro atoms. The minimum atomic E-state index is 0.201. The number of hydrogen-bond donors (Lipinski definition) is 0. The maximum Gasteiger partial charge on any atom is 0.222 e. The Kier molecular flexibility index (Phi) is 4.22. The minimum Gasteiger partial charge on any atom is -0.382 e. The molecule has 0 bridgehead atoms. The van der Waals surface area contributed by atoms with Crippen molar-refractivity contribution in [3.63, 3.8) is 0 Å². The maximum absolute atomic E-state index is 11.5.